The number of fused-ring (bicyclic) bond motifs is 1. The van der Waals surface area contributed by atoms with E-state index in [1.54, 1.807) is 0 Å². The van der Waals surface area contributed by atoms with Crippen LogP contribution >= 0.6 is 0 Å². The van der Waals surface area contributed by atoms with E-state index in [1.165, 1.54) is 33.4 Å². The molecule has 0 saturated heterocycles. The van der Waals surface area contributed by atoms with E-state index in [4.69, 9.17) is 0 Å². The van der Waals surface area contributed by atoms with Gasteiger partial charge in [-0.3, -0.25) is 0 Å². The third-order valence-corrected chi connectivity index (χ3v) is 3.47. The zero-order valence-electron chi connectivity index (χ0n) is 10.6. The lowest BCUT2D eigenvalue weighted by molar-refractivity contribution is 1.19. The average molecular weight is 232 g/mol. The lowest BCUT2D eigenvalue weighted by Crippen LogP contribution is -1.89. The molecule has 0 aliphatic heterocycles. The van der Waals surface area contributed by atoms with Crippen molar-refractivity contribution in [1.29, 1.82) is 0 Å². The topological polar surface area (TPSA) is 0 Å². The highest BCUT2D eigenvalue weighted by Crippen LogP contribution is 2.35. The fourth-order valence-electron chi connectivity index (χ4n) is 2.63. The molecule has 0 aromatic heterocycles. The highest BCUT2D eigenvalue weighted by Gasteiger charge is 2.15. The molecule has 0 amide bonds. The lowest BCUT2D eigenvalue weighted by Gasteiger charge is -2.10. The maximum Gasteiger partial charge on any atom is -0.00602 e. The van der Waals surface area contributed by atoms with Crippen LogP contribution in [0.25, 0.3) is 23.3 Å². The van der Waals surface area contributed by atoms with E-state index in [1.807, 2.05) is 6.08 Å². The summed E-state index contributed by atoms with van der Waals surface area (Å²) in [5, 5.41) is 0. The van der Waals surface area contributed by atoms with Crippen LogP contribution < -0.4 is 0 Å². The van der Waals surface area contributed by atoms with Gasteiger partial charge in [-0.25, -0.2) is 0 Å². The summed E-state index contributed by atoms with van der Waals surface area (Å²) in [6, 6.07) is 15.1. The molecule has 0 nitrogen and oxygen atoms in total. The van der Waals surface area contributed by atoms with Crippen LogP contribution in [0.4, 0.5) is 0 Å². The Balaban J connectivity index is 2.25. The summed E-state index contributed by atoms with van der Waals surface area (Å²) in [7, 11) is 0. The van der Waals surface area contributed by atoms with Crippen LogP contribution in [-0.2, 0) is 6.42 Å². The minimum Gasteiger partial charge on any atom is -0.0985 e. The molecule has 0 fully saturated rings. The number of benzene rings is 2. The van der Waals surface area contributed by atoms with Gasteiger partial charge in [-0.05, 0) is 47.2 Å². The van der Waals surface area contributed by atoms with Gasteiger partial charge in [-0.1, -0.05) is 60.7 Å². The average Bonchev–Trinajstić information content (AvgIpc) is 2.78. The Labute approximate surface area is 108 Å². The molecule has 0 atom stereocenters. The largest absolute Gasteiger partial charge is 0.0985 e. The van der Waals surface area contributed by atoms with Crippen LogP contribution in [0.3, 0.4) is 0 Å². The Kier molecular flexibility index (Phi) is 2.64. The zero-order valence-corrected chi connectivity index (χ0v) is 10.6. The summed E-state index contributed by atoms with van der Waals surface area (Å²) in [5.74, 6) is 0. The lowest BCUT2D eigenvalue weighted by atomic mass is 9.94. The van der Waals surface area contributed by atoms with Crippen molar-refractivity contribution in [3.8, 4) is 11.1 Å². The van der Waals surface area contributed by atoms with Crippen molar-refractivity contribution in [2.75, 3.05) is 0 Å². The summed E-state index contributed by atoms with van der Waals surface area (Å²) in [5.41, 5.74) is 8.04. The molecule has 3 rings (SSSR count). The quantitative estimate of drug-likeness (QED) is 0.686. The monoisotopic (exact) mass is 232 g/mol. The van der Waals surface area contributed by atoms with Crippen molar-refractivity contribution in [2.24, 2.45) is 0 Å². The van der Waals surface area contributed by atoms with Crippen molar-refractivity contribution in [2.45, 2.75) is 13.3 Å². The first-order valence-corrected chi connectivity index (χ1v) is 6.30. The molecule has 0 heterocycles. The number of allylic oxidation sites excluding steroid dienone is 1. The summed E-state index contributed by atoms with van der Waals surface area (Å²) >= 11 is 0. The minimum atomic E-state index is 1.07. The van der Waals surface area contributed by atoms with Crippen molar-refractivity contribution in [3.05, 3.63) is 71.3 Å². The molecule has 0 saturated carbocycles. The second-order valence-electron chi connectivity index (χ2n) is 4.88. The highest BCUT2D eigenvalue weighted by atomic mass is 14.2. The first-order valence-electron chi connectivity index (χ1n) is 6.30. The summed E-state index contributed by atoms with van der Waals surface area (Å²) in [6.07, 6.45) is 5.31. The third kappa shape index (κ3) is 1.80. The Morgan fingerprint density at radius 2 is 1.89 bits per heavy atom. The molecule has 2 aromatic carbocycles. The fourth-order valence-corrected chi connectivity index (χ4v) is 2.63. The van der Waals surface area contributed by atoms with Crippen LogP contribution in [0.1, 0.15) is 23.6 Å². The molecule has 0 spiro atoms. The maximum absolute atomic E-state index is 3.89. The van der Waals surface area contributed by atoms with Gasteiger partial charge >= 0.3 is 0 Å². The SMILES string of the molecule is C=Cc1cc2c(c(-c3ccccc3)c1)C=C(C)C2. The van der Waals surface area contributed by atoms with Gasteiger partial charge in [0.1, 0.15) is 0 Å². The van der Waals surface area contributed by atoms with Crippen molar-refractivity contribution >= 4 is 12.2 Å². The summed E-state index contributed by atoms with van der Waals surface area (Å²) in [4.78, 5) is 0. The van der Waals surface area contributed by atoms with Crippen LogP contribution in [0.2, 0.25) is 0 Å². The smallest absolute Gasteiger partial charge is 0.00602 e. The number of hydrogen-bond acceptors (Lipinski definition) is 0. The molecule has 2 aromatic rings. The zero-order chi connectivity index (χ0) is 12.5. The van der Waals surface area contributed by atoms with Crippen LogP contribution in [0.15, 0.2) is 54.6 Å². The van der Waals surface area contributed by atoms with Gasteiger partial charge in [0.05, 0.1) is 0 Å². The first kappa shape index (κ1) is 11.0. The Morgan fingerprint density at radius 1 is 1.11 bits per heavy atom. The standard InChI is InChI=1S/C18H16/c1-3-14-11-16-9-13(2)10-17(16)18(12-14)15-7-5-4-6-8-15/h3-8,10-12H,1,9H2,2H3. The molecule has 0 unspecified atom stereocenters. The molecule has 0 radical (unpaired) electrons. The summed E-state index contributed by atoms with van der Waals surface area (Å²) in [6.45, 7) is 6.09. The number of hydrogen-bond donors (Lipinski definition) is 0. The molecule has 0 heteroatoms. The van der Waals surface area contributed by atoms with Crippen molar-refractivity contribution < 1.29 is 0 Å². The molecule has 0 bridgehead atoms. The van der Waals surface area contributed by atoms with Crippen LogP contribution in [-0.4, -0.2) is 0 Å². The second-order valence-corrected chi connectivity index (χ2v) is 4.88. The number of rotatable bonds is 2. The normalized spacial score (nSPS) is 13.1. The van der Waals surface area contributed by atoms with Gasteiger partial charge in [0, 0.05) is 0 Å². The predicted octanol–water partition coefficient (Wildman–Crippen LogP) is 4.96. The molecular formula is C18H16. The molecule has 18 heavy (non-hydrogen) atoms. The van der Waals surface area contributed by atoms with Crippen molar-refractivity contribution in [3.63, 3.8) is 0 Å². The molecular weight excluding hydrogens is 216 g/mol. The van der Waals surface area contributed by atoms with E-state index in [2.05, 4.69) is 62.0 Å². The van der Waals surface area contributed by atoms with E-state index in [0.29, 0.717) is 0 Å². The van der Waals surface area contributed by atoms with Crippen LogP contribution in [0, 0.1) is 0 Å². The van der Waals surface area contributed by atoms with Gasteiger partial charge in [0.15, 0.2) is 0 Å². The third-order valence-electron chi connectivity index (χ3n) is 3.47. The molecule has 1 aliphatic rings. The predicted molar refractivity (Wildman–Crippen MR) is 79.3 cm³/mol. The van der Waals surface area contributed by atoms with E-state index >= 15 is 0 Å². The highest BCUT2D eigenvalue weighted by molar-refractivity contribution is 5.82. The van der Waals surface area contributed by atoms with E-state index < -0.39 is 0 Å². The van der Waals surface area contributed by atoms with E-state index in [0.717, 1.165) is 6.42 Å². The Bertz CT molecular complexity index is 631. The van der Waals surface area contributed by atoms with Gasteiger partial charge in [-0.2, -0.15) is 0 Å². The second kappa shape index (κ2) is 4.30. The van der Waals surface area contributed by atoms with Gasteiger partial charge < -0.3 is 0 Å². The molecule has 88 valence electrons. The van der Waals surface area contributed by atoms with Gasteiger partial charge in [0.25, 0.3) is 0 Å². The Morgan fingerprint density at radius 3 is 2.61 bits per heavy atom. The fraction of sp³-hybridized carbons (Fsp3) is 0.111. The van der Waals surface area contributed by atoms with Crippen LogP contribution in [0.5, 0.6) is 0 Å². The summed E-state index contributed by atoms with van der Waals surface area (Å²) < 4.78 is 0. The maximum atomic E-state index is 3.89. The first-order chi connectivity index (χ1) is 8.78. The van der Waals surface area contributed by atoms with E-state index in [-0.39, 0.29) is 0 Å². The van der Waals surface area contributed by atoms with Gasteiger partial charge in [0.2, 0.25) is 0 Å². The minimum absolute atomic E-state index is 1.07. The Hall–Kier alpha value is -2.08. The van der Waals surface area contributed by atoms with E-state index in [9.17, 15) is 0 Å². The molecule has 1 aliphatic carbocycles. The van der Waals surface area contributed by atoms with Gasteiger partial charge in [-0.15, -0.1) is 0 Å². The molecule has 0 N–H and O–H groups in total. The van der Waals surface area contributed by atoms with Crippen molar-refractivity contribution in [1.82, 2.24) is 0 Å².